The maximum Gasteiger partial charge on any atom is 0.265 e. The summed E-state index contributed by atoms with van der Waals surface area (Å²) in [6, 6.07) is 9.47. The molecule has 1 fully saturated rings. The third kappa shape index (κ3) is 3.66. The Bertz CT molecular complexity index is 1070. The fraction of sp³-hybridized carbons (Fsp3) is 0.350. The highest BCUT2D eigenvalue weighted by Gasteiger charge is 2.28. The van der Waals surface area contributed by atoms with Crippen molar-refractivity contribution >= 4 is 27.0 Å². The second kappa shape index (κ2) is 7.60. The van der Waals surface area contributed by atoms with Crippen LogP contribution in [-0.4, -0.2) is 25.3 Å². The molecule has 6 nitrogen and oxygen atoms in total. The molecule has 3 aromatic rings. The molecular weight excluding hydrogens is 394 g/mol. The van der Waals surface area contributed by atoms with E-state index in [9.17, 15) is 8.42 Å². The number of ether oxygens (including phenoxy) is 1. The highest BCUT2D eigenvalue weighted by Crippen LogP contribution is 2.36. The zero-order chi connectivity index (χ0) is 19.7. The molecular formula is C20H23N3O3S2. The summed E-state index contributed by atoms with van der Waals surface area (Å²) in [7, 11) is -2.31. The number of rotatable bonds is 6. The van der Waals surface area contributed by atoms with Crippen molar-refractivity contribution in [3.63, 3.8) is 0 Å². The van der Waals surface area contributed by atoms with Crippen LogP contribution in [0.25, 0.3) is 10.6 Å². The smallest absolute Gasteiger partial charge is 0.265 e. The lowest BCUT2D eigenvalue weighted by molar-refractivity contribution is 0.417. The third-order valence-electron chi connectivity index (χ3n) is 5.04. The Kier molecular flexibility index (Phi) is 5.16. The molecule has 0 atom stereocenters. The van der Waals surface area contributed by atoms with E-state index in [-0.39, 0.29) is 10.9 Å². The average molecular weight is 418 g/mol. The molecule has 0 unspecified atom stereocenters. The quantitative estimate of drug-likeness (QED) is 0.623. The first kappa shape index (κ1) is 19.0. The van der Waals surface area contributed by atoms with Crippen LogP contribution in [0.1, 0.15) is 37.3 Å². The van der Waals surface area contributed by atoms with Gasteiger partial charge in [0.05, 0.1) is 23.7 Å². The van der Waals surface area contributed by atoms with E-state index >= 15 is 0 Å². The first-order valence-electron chi connectivity index (χ1n) is 9.28. The van der Waals surface area contributed by atoms with Crippen LogP contribution in [0.15, 0.2) is 46.8 Å². The van der Waals surface area contributed by atoms with Crippen LogP contribution >= 0.6 is 11.3 Å². The number of aryl methyl sites for hydroxylation is 1. The van der Waals surface area contributed by atoms with Crippen LogP contribution < -0.4 is 9.46 Å². The van der Waals surface area contributed by atoms with Crippen LogP contribution in [0.2, 0.25) is 0 Å². The topological polar surface area (TPSA) is 73.2 Å². The summed E-state index contributed by atoms with van der Waals surface area (Å²) in [6.45, 7) is 1.91. The molecule has 1 saturated carbocycles. The number of aromatic nitrogens is 2. The van der Waals surface area contributed by atoms with Crippen LogP contribution in [-0.2, 0) is 10.0 Å². The number of thiophene rings is 1. The molecule has 2 aromatic heterocycles. The van der Waals surface area contributed by atoms with E-state index < -0.39 is 10.0 Å². The predicted octanol–water partition coefficient (Wildman–Crippen LogP) is 4.84. The van der Waals surface area contributed by atoms with Gasteiger partial charge in [0.2, 0.25) is 0 Å². The number of benzene rings is 1. The zero-order valence-corrected chi connectivity index (χ0v) is 17.5. The van der Waals surface area contributed by atoms with Gasteiger partial charge in [0.1, 0.15) is 16.3 Å². The zero-order valence-electron chi connectivity index (χ0n) is 15.9. The van der Waals surface area contributed by atoms with Gasteiger partial charge in [0.25, 0.3) is 10.0 Å². The summed E-state index contributed by atoms with van der Waals surface area (Å²) in [6.07, 6.45) is 6.05. The Balaban J connectivity index is 1.77. The van der Waals surface area contributed by atoms with Crippen molar-refractivity contribution in [3.05, 3.63) is 47.5 Å². The maximum atomic E-state index is 13.3. The summed E-state index contributed by atoms with van der Waals surface area (Å²) in [5.41, 5.74) is 1.87. The summed E-state index contributed by atoms with van der Waals surface area (Å²) in [4.78, 5) is 1.04. The molecule has 1 aliphatic carbocycles. The van der Waals surface area contributed by atoms with E-state index in [0.29, 0.717) is 17.1 Å². The van der Waals surface area contributed by atoms with Crippen LogP contribution in [0.4, 0.5) is 5.69 Å². The lowest BCUT2D eigenvalue weighted by Gasteiger charge is -2.12. The molecule has 148 valence electrons. The number of nitrogens with one attached hydrogen (secondary N) is 1. The van der Waals surface area contributed by atoms with Gasteiger partial charge in [-0.2, -0.15) is 5.10 Å². The van der Waals surface area contributed by atoms with Crippen molar-refractivity contribution < 1.29 is 13.2 Å². The van der Waals surface area contributed by atoms with Gasteiger partial charge in [-0.25, -0.2) is 8.42 Å². The Morgan fingerprint density at radius 3 is 2.71 bits per heavy atom. The number of methoxy groups -OCH3 is 1. The molecule has 2 heterocycles. The average Bonchev–Trinajstić information content (AvgIpc) is 3.40. The number of nitrogens with zero attached hydrogens (tertiary/aromatic N) is 2. The molecule has 28 heavy (non-hydrogen) atoms. The van der Waals surface area contributed by atoms with Gasteiger partial charge in [-0.05, 0) is 48.9 Å². The van der Waals surface area contributed by atoms with E-state index in [1.807, 2.05) is 35.2 Å². The molecule has 0 saturated heterocycles. The van der Waals surface area contributed by atoms with Crippen molar-refractivity contribution in [3.8, 4) is 16.3 Å². The normalized spacial score (nSPS) is 15.1. The van der Waals surface area contributed by atoms with Crippen molar-refractivity contribution in [2.45, 2.75) is 43.5 Å². The second-order valence-corrected chi connectivity index (χ2v) is 9.65. The van der Waals surface area contributed by atoms with Crippen LogP contribution in [0, 0.1) is 6.92 Å². The van der Waals surface area contributed by atoms with Gasteiger partial charge < -0.3 is 4.74 Å². The molecule has 0 spiro atoms. The fourth-order valence-electron chi connectivity index (χ4n) is 3.61. The minimum absolute atomic E-state index is 0.199. The monoisotopic (exact) mass is 417 g/mol. The van der Waals surface area contributed by atoms with Gasteiger partial charge >= 0.3 is 0 Å². The number of sulfonamides is 1. The van der Waals surface area contributed by atoms with Crippen molar-refractivity contribution in [2.75, 3.05) is 11.8 Å². The van der Waals surface area contributed by atoms with Gasteiger partial charge in [-0.15, -0.1) is 11.3 Å². The van der Waals surface area contributed by atoms with E-state index in [2.05, 4.69) is 9.82 Å². The van der Waals surface area contributed by atoms with E-state index in [1.165, 1.54) is 18.4 Å². The standard InChI is InChI=1S/C20H23N3O3S2/c1-14-9-10-17(26-2)16(12-14)22-28(24,25)19-13-23(15-6-3-4-7-15)21-20(19)18-8-5-11-27-18/h5,8-13,15,22H,3-4,6-7H2,1-2H3. The first-order valence-corrected chi connectivity index (χ1v) is 11.6. The molecule has 0 bridgehead atoms. The lowest BCUT2D eigenvalue weighted by Crippen LogP contribution is -2.14. The molecule has 8 heteroatoms. The number of hydrogen-bond donors (Lipinski definition) is 1. The minimum atomic E-state index is -3.83. The maximum absolute atomic E-state index is 13.3. The Morgan fingerprint density at radius 2 is 2.04 bits per heavy atom. The van der Waals surface area contributed by atoms with Crippen LogP contribution in [0.5, 0.6) is 5.75 Å². The van der Waals surface area contributed by atoms with Gasteiger partial charge in [-0.1, -0.05) is 25.0 Å². The SMILES string of the molecule is COc1ccc(C)cc1NS(=O)(=O)c1cn(C2CCCC2)nc1-c1cccs1. The number of hydrogen-bond acceptors (Lipinski definition) is 5. The largest absolute Gasteiger partial charge is 0.495 e. The van der Waals surface area contributed by atoms with Crippen molar-refractivity contribution in [2.24, 2.45) is 0 Å². The Labute approximate surface area is 169 Å². The van der Waals surface area contributed by atoms with Gasteiger partial charge in [0.15, 0.2) is 0 Å². The summed E-state index contributed by atoms with van der Waals surface area (Å²) >= 11 is 1.49. The van der Waals surface area contributed by atoms with Gasteiger partial charge in [0, 0.05) is 6.20 Å². The van der Waals surface area contributed by atoms with E-state index in [1.54, 1.807) is 18.3 Å². The highest BCUT2D eigenvalue weighted by atomic mass is 32.2. The summed E-state index contributed by atoms with van der Waals surface area (Å²) in [5, 5.41) is 6.61. The summed E-state index contributed by atoms with van der Waals surface area (Å²) < 4.78 is 36.5. The molecule has 0 radical (unpaired) electrons. The Hall–Kier alpha value is -2.32. The van der Waals surface area contributed by atoms with E-state index in [4.69, 9.17) is 4.74 Å². The molecule has 1 aromatic carbocycles. The molecule has 0 aliphatic heterocycles. The number of anilines is 1. The predicted molar refractivity (Wildman–Crippen MR) is 112 cm³/mol. The van der Waals surface area contributed by atoms with Crippen LogP contribution in [0.3, 0.4) is 0 Å². The Morgan fingerprint density at radius 1 is 1.25 bits per heavy atom. The first-order chi connectivity index (χ1) is 13.5. The molecule has 0 amide bonds. The highest BCUT2D eigenvalue weighted by molar-refractivity contribution is 7.92. The van der Waals surface area contributed by atoms with Gasteiger partial charge in [-0.3, -0.25) is 9.40 Å². The lowest BCUT2D eigenvalue weighted by atomic mass is 10.2. The third-order valence-corrected chi connectivity index (χ3v) is 7.28. The fourth-order valence-corrected chi connectivity index (χ4v) is 5.61. The second-order valence-electron chi connectivity index (χ2n) is 7.05. The minimum Gasteiger partial charge on any atom is -0.495 e. The summed E-state index contributed by atoms with van der Waals surface area (Å²) in [5.74, 6) is 0.482. The van der Waals surface area contributed by atoms with E-state index in [0.717, 1.165) is 36.1 Å². The molecule has 1 aliphatic rings. The molecule has 1 N–H and O–H groups in total. The van der Waals surface area contributed by atoms with Crippen molar-refractivity contribution in [1.29, 1.82) is 0 Å². The molecule has 4 rings (SSSR count). The van der Waals surface area contributed by atoms with Crippen molar-refractivity contribution in [1.82, 2.24) is 9.78 Å².